The summed E-state index contributed by atoms with van der Waals surface area (Å²) in [6, 6.07) is 1.86. The van der Waals surface area contributed by atoms with E-state index in [1.807, 2.05) is 0 Å². The third-order valence-corrected chi connectivity index (χ3v) is 2.01. The molecule has 0 aliphatic heterocycles. The van der Waals surface area contributed by atoms with Crippen LogP contribution in [0.3, 0.4) is 0 Å². The van der Waals surface area contributed by atoms with E-state index >= 15 is 0 Å². The van der Waals surface area contributed by atoms with E-state index < -0.39 is 34.5 Å². The lowest BCUT2D eigenvalue weighted by Gasteiger charge is -1.93. The Labute approximate surface area is 81.1 Å². The van der Waals surface area contributed by atoms with Crippen molar-refractivity contribution in [3.63, 3.8) is 0 Å². The van der Waals surface area contributed by atoms with Gasteiger partial charge in [0.1, 0.15) is 0 Å². The maximum absolute atomic E-state index is 13.3. The van der Waals surface area contributed by atoms with Crippen LogP contribution in [-0.2, 0) is 0 Å². The van der Waals surface area contributed by atoms with E-state index in [4.69, 9.17) is 5.11 Å². The Bertz CT molecular complexity index is 562. The van der Waals surface area contributed by atoms with E-state index in [0.717, 1.165) is 12.1 Å². The molecule has 6 heteroatoms. The molecule has 2 aromatic rings. The van der Waals surface area contributed by atoms with Crippen LogP contribution in [0, 0.1) is 17.5 Å². The zero-order valence-corrected chi connectivity index (χ0v) is 7.14. The van der Waals surface area contributed by atoms with Crippen molar-refractivity contribution in [3.05, 3.63) is 35.3 Å². The van der Waals surface area contributed by atoms with Gasteiger partial charge in [-0.15, -0.1) is 0 Å². The minimum absolute atomic E-state index is 0.0937. The average molecular weight is 215 g/mol. The van der Waals surface area contributed by atoms with Crippen LogP contribution in [-0.4, -0.2) is 16.1 Å². The third kappa shape index (κ3) is 1.25. The molecular formula is C9H4F3NO2. The molecule has 0 bridgehead atoms. The lowest BCUT2D eigenvalue weighted by Crippen LogP contribution is -1.98. The molecule has 0 unspecified atom stereocenters. The van der Waals surface area contributed by atoms with E-state index in [1.54, 1.807) is 0 Å². The highest BCUT2D eigenvalue weighted by atomic mass is 19.2. The van der Waals surface area contributed by atoms with Crippen LogP contribution >= 0.6 is 0 Å². The number of aromatic amines is 1. The molecule has 0 radical (unpaired) electrons. The van der Waals surface area contributed by atoms with Crippen LogP contribution in [0.4, 0.5) is 13.2 Å². The van der Waals surface area contributed by atoms with Gasteiger partial charge in [-0.3, -0.25) is 0 Å². The summed E-state index contributed by atoms with van der Waals surface area (Å²) in [7, 11) is 0. The number of halogens is 3. The topological polar surface area (TPSA) is 53.1 Å². The van der Waals surface area contributed by atoms with Crippen molar-refractivity contribution in [2.24, 2.45) is 0 Å². The number of carboxylic acid groups (broad SMARTS) is 1. The molecule has 0 saturated carbocycles. The van der Waals surface area contributed by atoms with Gasteiger partial charge in [0.25, 0.3) is 0 Å². The van der Waals surface area contributed by atoms with E-state index in [-0.39, 0.29) is 5.52 Å². The average Bonchev–Trinajstić information content (AvgIpc) is 2.50. The maximum Gasteiger partial charge on any atom is 0.355 e. The van der Waals surface area contributed by atoms with Gasteiger partial charge in [-0.1, -0.05) is 0 Å². The fraction of sp³-hybridized carbons (Fsp3) is 0. The summed E-state index contributed by atoms with van der Waals surface area (Å²) in [6.45, 7) is 0. The first-order chi connectivity index (χ1) is 7.02. The van der Waals surface area contributed by atoms with Crippen molar-refractivity contribution >= 4 is 16.9 Å². The Morgan fingerprint density at radius 1 is 1.20 bits per heavy atom. The number of rotatable bonds is 1. The molecule has 0 atom stereocenters. The fourth-order valence-corrected chi connectivity index (χ4v) is 1.33. The van der Waals surface area contributed by atoms with Gasteiger partial charge in [0.15, 0.2) is 23.1 Å². The molecule has 0 aliphatic rings. The van der Waals surface area contributed by atoms with Crippen LogP contribution in [0.15, 0.2) is 12.1 Å². The number of fused-ring (bicyclic) bond motifs is 1. The van der Waals surface area contributed by atoms with Crippen LogP contribution in [0.25, 0.3) is 10.9 Å². The standard InChI is InChI=1S/C9H4F3NO2/c10-3-1-2-4-5(6(3)11)7(12)8(13-4)9(14)15/h1-2,13H,(H,14,15). The molecule has 1 aromatic heterocycles. The first-order valence-electron chi connectivity index (χ1n) is 3.91. The second-order valence-electron chi connectivity index (χ2n) is 2.90. The zero-order chi connectivity index (χ0) is 11.2. The first-order valence-corrected chi connectivity index (χ1v) is 3.91. The van der Waals surface area contributed by atoms with Crippen LogP contribution in [0.1, 0.15) is 10.5 Å². The molecule has 0 amide bonds. The summed E-state index contributed by atoms with van der Waals surface area (Å²) >= 11 is 0. The highest BCUT2D eigenvalue weighted by Crippen LogP contribution is 2.25. The highest BCUT2D eigenvalue weighted by Gasteiger charge is 2.21. The lowest BCUT2D eigenvalue weighted by molar-refractivity contribution is 0.0686. The zero-order valence-electron chi connectivity index (χ0n) is 7.14. The van der Waals surface area contributed by atoms with Crippen molar-refractivity contribution in [2.75, 3.05) is 0 Å². The van der Waals surface area contributed by atoms with Gasteiger partial charge < -0.3 is 10.1 Å². The molecule has 1 heterocycles. The number of carbonyl (C=O) groups is 1. The van der Waals surface area contributed by atoms with Gasteiger partial charge in [-0.2, -0.15) is 0 Å². The second kappa shape index (κ2) is 3.01. The largest absolute Gasteiger partial charge is 0.476 e. The second-order valence-corrected chi connectivity index (χ2v) is 2.90. The minimum Gasteiger partial charge on any atom is -0.476 e. The molecule has 2 rings (SSSR count). The van der Waals surface area contributed by atoms with Gasteiger partial charge in [0, 0.05) is 0 Å². The third-order valence-electron chi connectivity index (χ3n) is 2.01. The van der Waals surface area contributed by atoms with Crippen LogP contribution in [0.2, 0.25) is 0 Å². The monoisotopic (exact) mass is 215 g/mol. The quantitative estimate of drug-likeness (QED) is 0.766. The van der Waals surface area contributed by atoms with Gasteiger partial charge in [0.2, 0.25) is 0 Å². The number of hydrogen-bond donors (Lipinski definition) is 2. The van der Waals surface area contributed by atoms with Gasteiger partial charge in [0.05, 0.1) is 10.9 Å². The summed E-state index contributed by atoms with van der Waals surface area (Å²) in [5.74, 6) is -5.48. The Morgan fingerprint density at radius 3 is 2.47 bits per heavy atom. The van der Waals surface area contributed by atoms with Crippen molar-refractivity contribution in [2.45, 2.75) is 0 Å². The minimum atomic E-state index is -1.57. The Kier molecular flexibility index (Phi) is 1.92. The summed E-state index contributed by atoms with van der Waals surface area (Å²) < 4.78 is 39.1. The molecule has 0 fully saturated rings. The number of H-pyrrole nitrogens is 1. The highest BCUT2D eigenvalue weighted by molar-refractivity contribution is 5.94. The number of nitrogens with one attached hydrogen (secondary N) is 1. The van der Waals surface area contributed by atoms with Crippen molar-refractivity contribution < 1.29 is 23.1 Å². The Balaban J connectivity index is 2.89. The Morgan fingerprint density at radius 2 is 1.87 bits per heavy atom. The van der Waals surface area contributed by atoms with Crippen LogP contribution in [0.5, 0.6) is 0 Å². The SMILES string of the molecule is O=C(O)c1[nH]c2ccc(F)c(F)c2c1F. The van der Waals surface area contributed by atoms with E-state index in [0.29, 0.717) is 0 Å². The normalized spacial score (nSPS) is 10.9. The predicted octanol–water partition coefficient (Wildman–Crippen LogP) is 2.28. The molecule has 3 nitrogen and oxygen atoms in total. The molecular weight excluding hydrogens is 211 g/mol. The Hall–Kier alpha value is -1.98. The van der Waals surface area contributed by atoms with E-state index in [2.05, 4.69) is 4.98 Å². The van der Waals surface area contributed by atoms with Crippen LogP contribution < -0.4 is 0 Å². The molecule has 2 N–H and O–H groups in total. The number of aromatic nitrogens is 1. The molecule has 15 heavy (non-hydrogen) atoms. The summed E-state index contributed by atoms with van der Waals surface area (Å²) in [5, 5.41) is 7.87. The van der Waals surface area contributed by atoms with Crippen molar-refractivity contribution in [1.29, 1.82) is 0 Å². The number of aromatic carboxylic acids is 1. The van der Waals surface area contributed by atoms with Gasteiger partial charge >= 0.3 is 5.97 Å². The van der Waals surface area contributed by atoms with E-state index in [1.165, 1.54) is 0 Å². The number of benzene rings is 1. The molecule has 0 aliphatic carbocycles. The van der Waals surface area contributed by atoms with Gasteiger partial charge in [-0.05, 0) is 12.1 Å². The maximum atomic E-state index is 13.3. The summed E-state index contributed by atoms with van der Waals surface area (Å²) in [5.41, 5.74) is -0.877. The van der Waals surface area contributed by atoms with E-state index in [9.17, 15) is 18.0 Å². The van der Waals surface area contributed by atoms with Crippen molar-refractivity contribution in [1.82, 2.24) is 4.98 Å². The number of hydrogen-bond acceptors (Lipinski definition) is 1. The smallest absolute Gasteiger partial charge is 0.355 e. The molecule has 0 spiro atoms. The molecule has 0 saturated heterocycles. The fourth-order valence-electron chi connectivity index (χ4n) is 1.33. The molecule has 1 aromatic carbocycles. The van der Waals surface area contributed by atoms with Crippen molar-refractivity contribution in [3.8, 4) is 0 Å². The lowest BCUT2D eigenvalue weighted by atomic mass is 10.2. The first kappa shape index (κ1) is 9.57. The summed E-state index contributed by atoms with van der Waals surface area (Å²) in [6.07, 6.45) is 0. The van der Waals surface area contributed by atoms with Gasteiger partial charge in [-0.25, -0.2) is 18.0 Å². The number of carboxylic acids is 1. The summed E-state index contributed by atoms with van der Waals surface area (Å²) in [4.78, 5) is 12.7. The predicted molar refractivity (Wildman–Crippen MR) is 45.1 cm³/mol. The molecule has 78 valence electrons.